The maximum Gasteiger partial charge on any atom is 0.354 e. The summed E-state index contributed by atoms with van der Waals surface area (Å²) in [4.78, 5) is 26.3. The van der Waals surface area contributed by atoms with Crippen LogP contribution in [0.5, 0.6) is 11.5 Å². The fourth-order valence-electron chi connectivity index (χ4n) is 2.26. The lowest BCUT2D eigenvalue weighted by molar-refractivity contribution is 0.0600. The lowest BCUT2D eigenvalue weighted by Crippen LogP contribution is -2.00. The number of rotatable bonds is 4. The zero-order valence-corrected chi connectivity index (χ0v) is 13.9. The van der Waals surface area contributed by atoms with Gasteiger partial charge in [-0.1, -0.05) is 12.1 Å². The van der Waals surface area contributed by atoms with Gasteiger partial charge in [0.25, 0.3) is 0 Å². The second-order valence-electron chi connectivity index (χ2n) is 5.00. The smallest absolute Gasteiger partial charge is 0.354 e. The van der Waals surface area contributed by atoms with E-state index in [-0.39, 0.29) is 18.1 Å². The van der Waals surface area contributed by atoms with Crippen LogP contribution in [0.1, 0.15) is 20.8 Å². The summed E-state index contributed by atoms with van der Waals surface area (Å²) in [5.74, 6) is -0.650. The van der Waals surface area contributed by atoms with Crippen molar-refractivity contribution in [2.24, 2.45) is 0 Å². The minimum atomic E-state index is -1.12. The fourth-order valence-corrected chi connectivity index (χ4v) is 2.26. The molecule has 1 N–H and O–H groups in total. The minimum absolute atomic E-state index is 0. The first-order chi connectivity index (χ1) is 11.6. The van der Waals surface area contributed by atoms with Crippen LogP contribution < -0.4 is 4.74 Å². The number of esters is 1. The highest BCUT2D eigenvalue weighted by Crippen LogP contribution is 2.26. The monoisotopic (exact) mass is 359 g/mol. The molecule has 0 aliphatic rings. The summed E-state index contributed by atoms with van der Waals surface area (Å²) in [5, 5.41) is 10.7. The van der Waals surface area contributed by atoms with Gasteiger partial charge in [0.2, 0.25) is 0 Å². The van der Waals surface area contributed by atoms with E-state index in [0.29, 0.717) is 17.1 Å². The van der Waals surface area contributed by atoms with E-state index < -0.39 is 11.9 Å². The molecule has 0 saturated carbocycles. The Bertz CT molecular complexity index is 942. The molecule has 2 aromatic carbocycles. The Morgan fingerprint density at radius 3 is 2.40 bits per heavy atom. The Morgan fingerprint density at radius 1 is 0.960 bits per heavy atom. The maximum atomic E-state index is 11.6. The second-order valence-corrected chi connectivity index (χ2v) is 5.00. The molecule has 0 saturated heterocycles. The first-order valence-corrected chi connectivity index (χ1v) is 7.06. The first-order valence-electron chi connectivity index (χ1n) is 7.06. The number of hydrogen-bond acceptors (Lipinski definition) is 5. The summed E-state index contributed by atoms with van der Waals surface area (Å²) in [5.41, 5.74) is 0.348. The number of aromatic carboxylic acids is 1. The quantitative estimate of drug-likeness (QED) is 0.710. The molecule has 0 aliphatic carbocycles. The number of benzene rings is 2. The molecule has 0 fully saturated rings. The molecule has 0 bridgehead atoms. The number of carbonyl (C=O) groups is 2. The van der Waals surface area contributed by atoms with Crippen LogP contribution in [0.15, 0.2) is 54.7 Å². The van der Waals surface area contributed by atoms with Crippen molar-refractivity contribution in [3.8, 4) is 11.5 Å². The molecular formula is C18H14ClNO5. The lowest BCUT2D eigenvalue weighted by atomic mass is 10.1. The number of methoxy groups -OCH3 is 1. The fraction of sp³-hybridized carbons (Fsp3) is 0.0556. The zero-order chi connectivity index (χ0) is 17.1. The molecule has 1 heterocycles. The number of carboxylic acid groups (broad SMARTS) is 1. The summed E-state index contributed by atoms with van der Waals surface area (Å²) < 4.78 is 10.4. The molecule has 6 nitrogen and oxygen atoms in total. The lowest BCUT2D eigenvalue weighted by Gasteiger charge is -2.08. The van der Waals surface area contributed by atoms with E-state index in [2.05, 4.69) is 4.98 Å². The van der Waals surface area contributed by atoms with Crippen molar-refractivity contribution in [3.05, 3.63) is 66.0 Å². The average Bonchev–Trinajstić information content (AvgIpc) is 2.60. The summed E-state index contributed by atoms with van der Waals surface area (Å²) >= 11 is 0. The molecule has 0 unspecified atom stereocenters. The van der Waals surface area contributed by atoms with Crippen molar-refractivity contribution in [2.75, 3.05) is 7.11 Å². The topological polar surface area (TPSA) is 85.7 Å². The van der Waals surface area contributed by atoms with Gasteiger partial charge in [0.1, 0.15) is 11.5 Å². The van der Waals surface area contributed by atoms with Crippen molar-refractivity contribution in [1.82, 2.24) is 4.98 Å². The second kappa shape index (κ2) is 7.63. The Morgan fingerprint density at radius 2 is 1.68 bits per heavy atom. The van der Waals surface area contributed by atoms with Crippen molar-refractivity contribution in [1.29, 1.82) is 0 Å². The molecule has 128 valence electrons. The van der Waals surface area contributed by atoms with Gasteiger partial charge in [-0.3, -0.25) is 0 Å². The van der Waals surface area contributed by atoms with Crippen LogP contribution in [0.2, 0.25) is 0 Å². The van der Waals surface area contributed by atoms with E-state index in [1.54, 1.807) is 30.3 Å². The van der Waals surface area contributed by atoms with Gasteiger partial charge in [0.05, 0.1) is 12.7 Å². The van der Waals surface area contributed by atoms with E-state index in [1.807, 2.05) is 12.1 Å². The van der Waals surface area contributed by atoms with Crippen LogP contribution in [0.25, 0.3) is 10.8 Å². The molecule has 0 spiro atoms. The number of pyridine rings is 1. The highest BCUT2D eigenvalue weighted by atomic mass is 35.5. The Kier molecular flexibility index (Phi) is 5.56. The van der Waals surface area contributed by atoms with Crippen LogP contribution in [-0.4, -0.2) is 29.1 Å². The Labute approximate surface area is 149 Å². The number of carboxylic acids is 1. The van der Waals surface area contributed by atoms with Gasteiger partial charge in [0.15, 0.2) is 5.69 Å². The number of nitrogens with zero attached hydrogens (tertiary/aromatic N) is 1. The van der Waals surface area contributed by atoms with Crippen LogP contribution >= 0.6 is 12.4 Å². The van der Waals surface area contributed by atoms with Crippen LogP contribution in [0.4, 0.5) is 0 Å². The van der Waals surface area contributed by atoms with Gasteiger partial charge in [0, 0.05) is 12.3 Å². The van der Waals surface area contributed by atoms with E-state index in [1.165, 1.54) is 19.4 Å². The number of carbonyl (C=O) groups excluding carboxylic acids is 1. The molecule has 7 heteroatoms. The summed E-state index contributed by atoms with van der Waals surface area (Å²) in [6, 6.07) is 13.5. The molecule has 0 aliphatic heterocycles. The van der Waals surface area contributed by atoms with Gasteiger partial charge in [-0.25, -0.2) is 14.6 Å². The van der Waals surface area contributed by atoms with E-state index in [9.17, 15) is 9.59 Å². The number of hydrogen-bond donors (Lipinski definition) is 1. The van der Waals surface area contributed by atoms with Gasteiger partial charge in [-0.15, -0.1) is 12.4 Å². The molecule has 25 heavy (non-hydrogen) atoms. The third kappa shape index (κ3) is 4.05. The predicted molar refractivity (Wildman–Crippen MR) is 93.8 cm³/mol. The van der Waals surface area contributed by atoms with Crippen molar-refractivity contribution in [3.63, 3.8) is 0 Å². The third-order valence-corrected chi connectivity index (χ3v) is 3.42. The number of halogens is 1. The Balaban J connectivity index is 0.00000225. The van der Waals surface area contributed by atoms with Gasteiger partial charge in [-0.05, 0) is 41.1 Å². The Hall–Kier alpha value is -3.12. The minimum Gasteiger partial charge on any atom is -0.477 e. The van der Waals surface area contributed by atoms with E-state index >= 15 is 0 Å². The SMILES string of the molecule is COC(=O)c1ccc2ccc(Oc3ccnc(C(=O)O)c3)cc2c1.Cl. The van der Waals surface area contributed by atoms with E-state index in [4.69, 9.17) is 14.6 Å². The van der Waals surface area contributed by atoms with Gasteiger partial charge < -0.3 is 14.6 Å². The average molecular weight is 360 g/mol. The first kappa shape index (κ1) is 18.2. The molecule has 3 rings (SSSR count). The normalized spacial score (nSPS) is 9.96. The number of aromatic nitrogens is 1. The zero-order valence-electron chi connectivity index (χ0n) is 13.1. The summed E-state index contributed by atoms with van der Waals surface area (Å²) in [6.45, 7) is 0. The highest BCUT2D eigenvalue weighted by molar-refractivity contribution is 5.95. The van der Waals surface area contributed by atoms with Gasteiger partial charge in [-0.2, -0.15) is 0 Å². The molecular weight excluding hydrogens is 346 g/mol. The summed E-state index contributed by atoms with van der Waals surface area (Å²) in [7, 11) is 1.33. The number of fused-ring (bicyclic) bond motifs is 1. The molecule has 0 radical (unpaired) electrons. The van der Waals surface area contributed by atoms with E-state index in [0.717, 1.165) is 10.8 Å². The standard InChI is InChI=1S/C18H13NO5.ClH/c1-23-18(22)12-3-2-11-4-5-14(9-13(11)8-12)24-15-6-7-19-16(10-15)17(20)21;/h2-10H,1H3,(H,20,21);1H. The molecule has 0 atom stereocenters. The van der Waals surface area contributed by atoms with Gasteiger partial charge >= 0.3 is 11.9 Å². The van der Waals surface area contributed by atoms with Crippen LogP contribution in [0, 0.1) is 0 Å². The highest BCUT2D eigenvalue weighted by Gasteiger charge is 2.08. The number of ether oxygens (including phenoxy) is 2. The van der Waals surface area contributed by atoms with Crippen LogP contribution in [0.3, 0.4) is 0 Å². The van der Waals surface area contributed by atoms with Crippen molar-refractivity contribution < 1.29 is 24.2 Å². The maximum absolute atomic E-state index is 11.6. The van der Waals surface area contributed by atoms with Crippen molar-refractivity contribution in [2.45, 2.75) is 0 Å². The molecule has 1 aromatic heterocycles. The summed E-state index contributed by atoms with van der Waals surface area (Å²) in [6.07, 6.45) is 1.37. The largest absolute Gasteiger partial charge is 0.477 e. The van der Waals surface area contributed by atoms with Crippen molar-refractivity contribution >= 4 is 35.1 Å². The third-order valence-electron chi connectivity index (χ3n) is 3.42. The molecule has 0 amide bonds. The van der Waals surface area contributed by atoms with Crippen LogP contribution in [-0.2, 0) is 4.74 Å². The predicted octanol–water partition coefficient (Wildman–Crippen LogP) is 3.93. The molecule has 3 aromatic rings.